The molecule has 182 valence electrons. The van der Waals surface area contributed by atoms with Gasteiger partial charge in [0.1, 0.15) is 5.75 Å². The standard InChI is InChI=1S/C28H31N3O3S/c1-20-18-29(14-15-31(20)28(33)22-9-6-10-23(17-22)34-2)26(32)19-30-13-11-25-24(12-16-35-25)27(30)21-7-4-3-5-8-21/h3-10,12,16-17,20,27H,11,13-15,18-19H2,1-2H3/t20-,27-/m1/s1. The van der Waals surface area contributed by atoms with E-state index < -0.39 is 0 Å². The number of hydrogen-bond donors (Lipinski definition) is 0. The summed E-state index contributed by atoms with van der Waals surface area (Å²) in [5, 5.41) is 2.16. The number of nitrogens with zero attached hydrogens (tertiary/aromatic N) is 3. The molecular weight excluding hydrogens is 458 g/mol. The van der Waals surface area contributed by atoms with Crippen LogP contribution in [0.15, 0.2) is 66.0 Å². The predicted octanol–water partition coefficient (Wildman–Crippen LogP) is 4.08. The minimum Gasteiger partial charge on any atom is -0.497 e. The topological polar surface area (TPSA) is 53.1 Å². The average molecular weight is 490 g/mol. The van der Waals surface area contributed by atoms with Crippen LogP contribution < -0.4 is 4.74 Å². The lowest BCUT2D eigenvalue weighted by Crippen LogP contribution is -2.57. The number of carbonyl (C=O) groups is 2. The molecule has 2 aliphatic heterocycles. The first-order valence-electron chi connectivity index (χ1n) is 12.1. The molecule has 3 aromatic rings. The molecule has 1 aromatic heterocycles. The van der Waals surface area contributed by atoms with Gasteiger partial charge in [0.2, 0.25) is 5.91 Å². The number of thiophene rings is 1. The maximum absolute atomic E-state index is 13.4. The smallest absolute Gasteiger partial charge is 0.254 e. The van der Waals surface area contributed by atoms with Crippen LogP contribution in [0.5, 0.6) is 5.75 Å². The Hall–Kier alpha value is -3.16. The molecule has 0 bridgehead atoms. The van der Waals surface area contributed by atoms with Crippen LogP contribution in [-0.4, -0.2) is 72.4 Å². The van der Waals surface area contributed by atoms with Crippen LogP contribution in [0.4, 0.5) is 0 Å². The molecule has 0 saturated carbocycles. The van der Waals surface area contributed by atoms with Gasteiger partial charge in [-0.25, -0.2) is 0 Å². The Kier molecular flexibility index (Phi) is 6.88. The lowest BCUT2D eigenvalue weighted by molar-refractivity contribution is -0.135. The van der Waals surface area contributed by atoms with Crippen molar-refractivity contribution in [2.24, 2.45) is 0 Å². The number of benzene rings is 2. The van der Waals surface area contributed by atoms with E-state index in [0.717, 1.165) is 13.0 Å². The molecule has 0 spiro atoms. The lowest BCUT2D eigenvalue weighted by atomic mass is 9.93. The van der Waals surface area contributed by atoms with Crippen molar-refractivity contribution in [2.75, 3.05) is 39.8 Å². The van der Waals surface area contributed by atoms with Crippen LogP contribution in [-0.2, 0) is 11.2 Å². The van der Waals surface area contributed by atoms with Gasteiger partial charge in [-0.15, -0.1) is 11.3 Å². The van der Waals surface area contributed by atoms with Gasteiger partial charge in [-0.1, -0.05) is 36.4 Å². The maximum atomic E-state index is 13.4. The van der Waals surface area contributed by atoms with E-state index in [0.29, 0.717) is 37.5 Å². The summed E-state index contributed by atoms with van der Waals surface area (Å²) in [5.74, 6) is 0.777. The third-order valence-corrected chi connectivity index (χ3v) is 8.07. The van der Waals surface area contributed by atoms with Crippen molar-refractivity contribution in [3.05, 3.63) is 87.6 Å². The van der Waals surface area contributed by atoms with Crippen molar-refractivity contribution in [3.8, 4) is 5.75 Å². The van der Waals surface area contributed by atoms with Crippen molar-refractivity contribution in [2.45, 2.75) is 25.4 Å². The molecule has 2 aliphatic rings. The predicted molar refractivity (Wildman–Crippen MR) is 138 cm³/mol. The van der Waals surface area contributed by atoms with Gasteiger partial charge in [0.05, 0.1) is 19.7 Å². The first kappa shape index (κ1) is 23.6. The Bertz CT molecular complexity index is 1190. The number of rotatable bonds is 5. The van der Waals surface area contributed by atoms with E-state index in [2.05, 4.69) is 40.6 Å². The molecule has 6 nitrogen and oxygen atoms in total. The monoisotopic (exact) mass is 489 g/mol. The molecule has 1 fully saturated rings. The number of amides is 2. The highest BCUT2D eigenvalue weighted by Gasteiger charge is 2.34. The van der Waals surface area contributed by atoms with Crippen LogP contribution in [0.3, 0.4) is 0 Å². The van der Waals surface area contributed by atoms with E-state index in [1.165, 1.54) is 16.0 Å². The third-order valence-electron chi connectivity index (χ3n) is 7.08. The van der Waals surface area contributed by atoms with E-state index in [4.69, 9.17) is 4.74 Å². The second kappa shape index (κ2) is 10.2. The van der Waals surface area contributed by atoms with Gasteiger partial charge < -0.3 is 14.5 Å². The number of ether oxygens (including phenoxy) is 1. The fourth-order valence-corrected chi connectivity index (χ4v) is 6.15. The minimum absolute atomic E-state index is 0.0198. The molecule has 2 amide bonds. The Morgan fingerprint density at radius 2 is 1.86 bits per heavy atom. The first-order chi connectivity index (χ1) is 17.0. The molecule has 0 N–H and O–H groups in total. The zero-order valence-corrected chi connectivity index (χ0v) is 21.0. The van der Waals surface area contributed by atoms with Crippen LogP contribution in [0, 0.1) is 0 Å². The molecule has 3 heterocycles. The summed E-state index contributed by atoms with van der Waals surface area (Å²) in [4.78, 5) is 34.1. The molecule has 1 saturated heterocycles. The van der Waals surface area contributed by atoms with Gasteiger partial charge in [-0.2, -0.15) is 0 Å². The zero-order valence-electron chi connectivity index (χ0n) is 20.2. The summed E-state index contributed by atoms with van der Waals surface area (Å²) < 4.78 is 5.27. The lowest BCUT2D eigenvalue weighted by Gasteiger charge is -2.42. The Labute approximate surface area is 210 Å². The third kappa shape index (κ3) is 4.83. The van der Waals surface area contributed by atoms with Gasteiger partial charge in [0.25, 0.3) is 5.91 Å². The Morgan fingerprint density at radius 1 is 1.03 bits per heavy atom. The van der Waals surface area contributed by atoms with Gasteiger partial charge >= 0.3 is 0 Å². The van der Waals surface area contributed by atoms with Crippen molar-refractivity contribution in [3.63, 3.8) is 0 Å². The number of carbonyl (C=O) groups excluding carboxylic acids is 2. The second-order valence-electron chi connectivity index (χ2n) is 9.25. The van der Waals surface area contributed by atoms with Gasteiger partial charge in [-0.05, 0) is 54.1 Å². The molecular formula is C28H31N3O3S. The van der Waals surface area contributed by atoms with Gasteiger partial charge in [-0.3, -0.25) is 14.5 Å². The van der Waals surface area contributed by atoms with Crippen molar-refractivity contribution < 1.29 is 14.3 Å². The molecule has 35 heavy (non-hydrogen) atoms. The SMILES string of the molecule is COc1cccc(C(=O)N2CCN(C(=O)CN3CCc4sccc4[C@H]3c3ccccc3)C[C@H]2C)c1. The number of hydrogen-bond acceptors (Lipinski definition) is 5. The molecule has 5 rings (SSSR count). The largest absolute Gasteiger partial charge is 0.497 e. The van der Waals surface area contributed by atoms with Gasteiger partial charge in [0, 0.05) is 42.7 Å². The normalized spacial score (nSPS) is 20.4. The van der Waals surface area contributed by atoms with Crippen molar-refractivity contribution >= 4 is 23.2 Å². The fraction of sp³-hybridized carbons (Fsp3) is 0.357. The average Bonchev–Trinajstić information content (AvgIpc) is 3.37. The summed E-state index contributed by atoms with van der Waals surface area (Å²) in [7, 11) is 1.60. The molecule has 2 aromatic carbocycles. The van der Waals surface area contributed by atoms with Gasteiger partial charge in [0.15, 0.2) is 0 Å². The summed E-state index contributed by atoms with van der Waals surface area (Å²) in [6.07, 6.45) is 0.975. The van der Waals surface area contributed by atoms with E-state index in [1.54, 1.807) is 13.2 Å². The summed E-state index contributed by atoms with van der Waals surface area (Å²) >= 11 is 1.81. The number of methoxy groups -OCH3 is 1. The molecule has 2 atom stereocenters. The molecule has 0 radical (unpaired) electrons. The summed E-state index contributed by atoms with van der Waals surface area (Å²) in [5.41, 5.74) is 3.16. The van der Waals surface area contributed by atoms with Crippen LogP contribution in [0.25, 0.3) is 0 Å². The number of fused-ring (bicyclic) bond motifs is 1. The highest BCUT2D eigenvalue weighted by atomic mass is 32.1. The number of piperazine rings is 1. The fourth-order valence-electron chi connectivity index (χ4n) is 5.25. The molecule has 0 unspecified atom stereocenters. The zero-order chi connectivity index (χ0) is 24.4. The molecule has 0 aliphatic carbocycles. The van der Waals surface area contributed by atoms with Crippen LogP contribution in [0.1, 0.15) is 39.3 Å². The van der Waals surface area contributed by atoms with E-state index in [1.807, 2.05) is 52.3 Å². The maximum Gasteiger partial charge on any atom is 0.254 e. The van der Waals surface area contributed by atoms with Crippen molar-refractivity contribution in [1.82, 2.24) is 14.7 Å². The van der Waals surface area contributed by atoms with E-state index >= 15 is 0 Å². The Balaban J connectivity index is 1.26. The highest BCUT2D eigenvalue weighted by molar-refractivity contribution is 7.10. The van der Waals surface area contributed by atoms with Crippen LogP contribution >= 0.6 is 11.3 Å². The quantitative estimate of drug-likeness (QED) is 0.542. The minimum atomic E-state index is -0.0545. The first-order valence-corrected chi connectivity index (χ1v) is 13.0. The molecule has 7 heteroatoms. The van der Waals surface area contributed by atoms with Crippen LogP contribution in [0.2, 0.25) is 0 Å². The van der Waals surface area contributed by atoms with E-state index in [-0.39, 0.29) is 23.9 Å². The van der Waals surface area contributed by atoms with E-state index in [9.17, 15) is 9.59 Å². The highest BCUT2D eigenvalue weighted by Crippen LogP contribution is 2.37. The second-order valence-corrected chi connectivity index (χ2v) is 10.3. The Morgan fingerprint density at radius 3 is 2.63 bits per heavy atom. The summed E-state index contributed by atoms with van der Waals surface area (Å²) in [6, 6.07) is 20.0. The van der Waals surface area contributed by atoms with Crippen molar-refractivity contribution in [1.29, 1.82) is 0 Å². The summed E-state index contributed by atoms with van der Waals surface area (Å²) in [6.45, 7) is 4.88.